The fourth-order valence-corrected chi connectivity index (χ4v) is 4.05. The van der Waals surface area contributed by atoms with Crippen LogP contribution in [-0.2, 0) is 10.0 Å². The van der Waals surface area contributed by atoms with E-state index in [1.165, 1.54) is 0 Å². The van der Waals surface area contributed by atoms with E-state index in [-0.39, 0.29) is 13.1 Å². The average Bonchev–Trinajstić information content (AvgIpc) is 3.15. The van der Waals surface area contributed by atoms with E-state index >= 15 is 0 Å². The van der Waals surface area contributed by atoms with E-state index in [1.54, 1.807) is 35.3 Å². The van der Waals surface area contributed by atoms with E-state index in [0.717, 1.165) is 4.31 Å². The molecule has 1 saturated heterocycles. The molecule has 0 saturated carbocycles. The number of halogens is 3. The molecular formula is C14H17F3N6O2S. The van der Waals surface area contributed by atoms with Crippen molar-refractivity contribution in [3.05, 3.63) is 30.6 Å². The number of aromatic nitrogens is 4. The molecule has 0 atom stereocenters. The second kappa shape index (κ2) is 7.19. The molecule has 26 heavy (non-hydrogen) atoms. The minimum Gasteiger partial charge on any atom is -0.352 e. The van der Waals surface area contributed by atoms with Crippen molar-refractivity contribution in [2.45, 2.75) is 12.6 Å². The van der Waals surface area contributed by atoms with Crippen LogP contribution >= 0.6 is 0 Å². The van der Waals surface area contributed by atoms with Crippen molar-refractivity contribution >= 4 is 15.8 Å². The van der Waals surface area contributed by atoms with E-state index in [0.29, 0.717) is 24.7 Å². The van der Waals surface area contributed by atoms with Crippen LogP contribution in [-0.4, -0.2) is 70.8 Å². The summed E-state index contributed by atoms with van der Waals surface area (Å²) in [6.45, 7) is 0.896. The molecule has 1 fully saturated rings. The van der Waals surface area contributed by atoms with Crippen LogP contribution in [0.5, 0.6) is 0 Å². The lowest BCUT2D eigenvalue weighted by Crippen LogP contribution is -2.49. The number of piperazine rings is 1. The molecule has 2 aromatic rings. The lowest BCUT2D eigenvalue weighted by atomic mass is 10.3. The molecule has 0 amide bonds. The minimum atomic E-state index is -4.49. The predicted octanol–water partition coefficient (Wildman–Crippen LogP) is 1.07. The molecule has 0 aliphatic carbocycles. The maximum Gasteiger partial charge on any atom is 0.390 e. The van der Waals surface area contributed by atoms with Gasteiger partial charge >= 0.3 is 6.18 Å². The van der Waals surface area contributed by atoms with Gasteiger partial charge in [-0.3, -0.25) is 0 Å². The Bertz CT molecular complexity index is 815. The van der Waals surface area contributed by atoms with Crippen molar-refractivity contribution in [3.63, 3.8) is 0 Å². The molecule has 3 rings (SSSR count). The van der Waals surface area contributed by atoms with Crippen LogP contribution in [0.3, 0.4) is 0 Å². The molecule has 2 aromatic heterocycles. The number of sulfonamides is 1. The summed E-state index contributed by atoms with van der Waals surface area (Å²) >= 11 is 0. The molecular weight excluding hydrogens is 373 g/mol. The number of rotatable bonds is 5. The standard InChI is InChI=1S/C14H17F3N6O2S/c15-14(16,17)4-11-26(24,25)22-9-7-21(8-10-22)12-2-3-13(20-19-12)23-6-1-5-18-23/h1-3,5-6H,4,7-11H2. The van der Waals surface area contributed by atoms with Crippen LogP contribution < -0.4 is 4.90 Å². The third-order valence-corrected chi connectivity index (χ3v) is 5.85. The summed E-state index contributed by atoms with van der Waals surface area (Å²) in [6.07, 6.45) is -2.47. The molecule has 0 N–H and O–H groups in total. The number of nitrogens with zero attached hydrogens (tertiary/aromatic N) is 6. The molecule has 0 unspecified atom stereocenters. The van der Waals surface area contributed by atoms with Gasteiger partial charge in [0.15, 0.2) is 11.6 Å². The summed E-state index contributed by atoms with van der Waals surface area (Å²) < 4.78 is 63.5. The Hall–Kier alpha value is -2.21. The van der Waals surface area contributed by atoms with Gasteiger partial charge in [0.25, 0.3) is 0 Å². The van der Waals surface area contributed by atoms with Gasteiger partial charge in [-0.15, -0.1) is 10.2 Å². The summed E-state index contributed by atoms with van der Waals surface area (Å²) in [7, 11) is -3.92. The van der Waals surface area contributed by atoms with Crippen molar-refractivity contribution in [2.24, 2.45) is 0 Å². The Labute approximate surface area is 148 Å². The number of anilines is 1. The third-order valence-electron chi connectivity index (χ3n) is 3.98. The maximum absolute atomic E-state index is 12.3. The Morgan fingerprint density at radius 1 is 1.04 bits per heavy atom. The Balaban J connectivity index is 1.58. The highest BCUT2D eigenvalue weighted by atomic mass is 32.2. The van der Waals surface area contributed by atoms with Crippen molar-refractivity contribution in [1.29, 1.82) is 0 Å². The fraction of sp³-hybridized carbons (Fsp3) is 0.500. The largest absolute Gasteiger partial charge is 0.390 e. The molecule has 1 aliphatic heterocycles. The van der Waals surface area contributed by atoms with Crippen LogP contribution in [0.1, 0.15) is 6.42 Å². The van der Waals surface area contributed by atoms with Gasteiger partial charge in [0.1, 0.15) is 0 Å². The smallest absolute Gasteiger partial charge is 0.352 e. The first-order valence-corrected chi connectivity index (χ1v) is 9.49. The monoisotopic (exact) mass is 390 g/mol. The summed E-state index contributed by atoms with van der Waals surface area (Å²) in [5.74, 6) is 0.204. The van der Waals surface area contributed by atoms with Gasteiger partial charge < -0.3 is 4.90 Å². The molecule has 0 bridgehead atoms. The van der Waals surface area contributed by atoms with Gasteiger partial charge in [0.2, 0.25) is 10.0 Å². The van der Waals surface area contributed by atoms with Gasteiger partial charge in [-0.05, 0) is 18.2 Å². The Kier molecular flexibility index (Phi) is 5.14. The summed E-state index contributed by atoms with van der Waals surface area (Å²) in [5.41, 5.74) is 0. The van der Waals surface area contributed by atoms with Crippen molar-refractivity contribution < 1.29 is 21.6 Å². The SMILES string of the molecule is O=S(=O)(CCC(F)(F)F)N1CCN(c2ccc(-n3cccn3)nn2)CC1. The van der Waals surface area contributed by atoms with Gasteiger partial charge in [-0.1, -0.05) is 0 Å². The lowest BCUT2D eigenvalue weighted by Gasteiger charge is -2.34. The van der Waals surface area contributed by atoms with Crippen LogP contribution in [0, 0.1) is 0 Å². The minimum absolute atomic E-state index is 0.114. The lowest BCUT2D eigenvalue weighted by molar-refractivity contribution is -0.130. The maximum atomic E-state index is 12.3. The molecule has 0 spiro atoms. The first-order valence-electron chi connectivity index (χ1n) is 7.88. The Morgan fingerprint density at radius 2 is 1.69 bits per heavy atom. The van der Waals surface area contributed by atoms with E-state index in [9.17, 15) is 21.6 Å². The molecule has 8 nitrogen and oxygen atoms in total. The second-order valence-corrected chi connectivity index (χ2v) is 7.86. The van der Waals surface area contributed by atoms with Crippen molar-refractivity contribution in [3.8, 4) is 5.82 Å². The summed E-state index contributed by atoms with van der Waals surface area (Å²) in [6, 6.07) is 5.24. The quantitative estimate of drug-likeness (QED) is 0.759. The van der Waals surface area contributed by atoms with Gasteiger partial charge in [0, 0.05) is 38.6 Å². The van der Waals surface area contributed by atoms with Gasteiger partial charge in [-0.2, -0.15) is 22.6 Å². The average molecular weight is 390 g/mol. The summed E-state index contributed by atoms with van der Waals surface area (Å²) in [5, 5.41) is 12.2. The second-order valence-electron chi connectivity index (χ2n) is 5.77. The topological polar surface area (TPSA) is 84.2 Å². The van der Waals surface area contributed by atoms with E-state index < -0.39 is 28.4 Å². The molecule has 12 heteroatoms. The molecule has 142 valence electrons. The highest BCUT2D eigenvalue weighted by Gasteiger charge is 2.33. The number of hydrogen-bond acceptors (Lipinski definition) is 6. The zero-order chi connectivity index (χ0) is 18.8. The highest BCUT2D eigenvalue weighted by molar-refractivity contribution is 7.89. The molecule has 0 radical (unpaired) electrons. The predicted molar refractivity (Wildman–Crippen MR) is 87.4 cm³/mol. The van der Waals surface area contributed by atoms with Crippen LogP contribution in [0.15, 0.2) is 30.6 Å². The normalized spacial score (nSPS) is 16.8. The molecule has 3 heterocycles. The fourth-order valence-electron chi connectivity index (χ4n) is 2.58. The van der Waals surface area contributed by atoms with E-state index in [2.05, 4.69) is 15.3 Å². The molecule has 1 aliphatic rings. The van der Waals surface area contributed by atoms with Crippen molar-refractivity contribution in [2.75, 3.05) is 36.8 Å². The van der Waals surface area contributed by atoms with Crippen LogP contribution in [0.4, 0.5) is 19.0 Å². The number of alkyl halides is 3. The first kappa shape index (κ1) is 18.6. The first-order chi connectivity index (χ1) is 12.2. The van der Waals surface area contributed by atoms with Gasteiger partial charge in [-0.25, -0.2) is 13.1 Å². The number of hydrogen-bond donors (Lipinski definition) is 0. The highest BCUT2D eigenvalue weighted by Crippen LogP contribution is 2.22. The third kappa shape index (κ3) is 4.49. The van der Waals surface area contributed by atoms with E-state index in [1.807, 2.05) is 4.90 Å². The zero-order valence-corrected chi connectivity index (χ0v) is 14.5. The summed E-state index contributed by atoms with van der Waals surface area (Å²) in [4.78, 5) is 1.84. The Morgan fingerprint density at radius 3 is 2.23 bits per heavy atom. The van der Waals surface area contributed by atoms with Crippen LogP contribution in [0.25, 0.3) is 5.82 Å². The zero-order valence-electron chi connectivity index (χ0n) is 13.7. The van der Waals surface area contributed by atoms with Gasteiger partial charge in [0.05, 0.1) is 12.2 Å². The van der Waals surface area contributed by atoms with E-state index in [4.69, 9.17) is 0 Å². The van der Waals surface area contributed by atoms with Crippen molar-refractivity contribution in [1.82, 2.24) is 24.3 Å². The molecule has 0 aromatic carbocycles. The van der Waals surface area contributed by atoms with Crippen LogP contribution in [0.2, 0.25) is 0 Å².